The third-order valence-electron chi connectivity index (χ3n) is 2.48. The van der Waals surface area contributed by atoms with Crippen molar-refractivity contribution in [2.75, 3.05) is 0 Å². The van der Waals surface area contributed by atoms with Crippen molar-refractivity contribution >= 4 is 19.6 Å². The van der Waals surface area contributed by atoms with Crippen molar-refractivity contribution in [3.63, 3.8) is 0 Å². The molecule has 0 aliphatic heterocycles. The van der Waals surface area contributed by atoms with E-state index in [0.29, 0.717) is 12.5 Å². The largest absolute Gasteiger partial charge is 0.291 e. The van der Waals surface area contributed by atoms with Gasteiger partial charge < -0.3 is 0 Å². The molecule has 0 saturated carbocycles. The van der Waals surface area contributed by atoms with E-state index in [-0.39, 0.29) is 11.6 Å². The molecule has 0 rings (SSSR count). The van der Waals surface area contributed by atoms with Crippen LogP contribution in [0.25, 0.3) is 0 Å². The molecule has 0 aliphatic carbocycles. The molecular weight excluding hydrogens is 192 g/mol. The Bertz CT molecular complexity index is 209. The van der Waals surface area contributed by atoms with Crippen LogP contribution < -0.4 is 0 Å². The van der Waals surface area contributed by atoms with Crippen LogP contribution in [-0.4, -0.2) is 19.6 Å². The SMILES string of the molecule is CCCC[Si](C)(C)CC(=O)C(=O)CC. The predicted octanol–water partition coefficient (Wildman–Crippen LogP) is 3.04. The third kappa shape index (κ3) is 5.32. The lowest BCUT2D eigenvalue weighted by Crippen LogP contribution is -2.31. The summed E-state index contributed by atoms with van der Waals surface area (Å²) < 4.78 is 0. The summed E-state index contributed by atoms with van der Waals surface area (Å²) in [5.41, 5.74) is 0. The molecule has 0 saturated heterocycles. The van der Waals surface area contributed by atoms with E-state index in [0.717, 1.165) is 6.04 Å². The second-order valence-electron chi connectivity index (χ2n) is 4.64. The molecule has 0 radical (unpaired) electrons. The normalized spacial score (nSPS) is 11.4. The maximum Gasteiger partial charge on any atom is 0.197 e. The second-order valence-corrected chi connectivity index (χ2v) is 9.83. The monoisotopic (exact) mass is 214 g/mol. The Balaban J connectivity index is 4.07. The van der Waals surface area contributed by atoms with Gasteiger partial charge in [-0.15, -0.1) is 0 Å². The minimum atomic E-state index is -1.44. The van der Waals surface area contributed by atoms with E-state index in [1.807, 2.05) is 0 Å². The van der Waals surface area contributed by atoms with E-state index < -0.39 is 8.07 Å². The standard InChI is InChI=1S/C11H22O2Si/c1-5-7-8-14(3,4)9-11(13)10(12)6-2/h5-9H2,1-4H3. The molecule has 0 aromatic carbocycles. The maximum absolute atomic E-state index is 11.4. The number of hydrogen-bond donors (Lipinski definition) is 0. The lowest BCUT2D eigenvalue weighted by Gasteiger charge is -2.20. The van der Waals surface area contributed by atoms with Gasteiger partial charge in [-0.05, 0) is 0 Å². The zero-order valence-electron chi connectivity index (χ0n) is 9.85. The number of Topliss-reactive ketones (excluding diaryl/α,β-unsaturated/α-hetero) is 2. The third-order valence-corrected chi connectivity index (χ3v) is 5.46. The van der Waals surface area contributed by atoms with Gasteiger partial charge in [-0.1, -0.05) is 45.8 Å². The van der Waals surface area contributed by atoms with Crippen LogP contribution in [-0.2, 0) is 9.59 Å². The molecule has 0 aliphatic rings. The first-order chi connectivity index (χ1) is 6.43. The Labute approximate surface area is 88.1 Å². The van der Waals surface area contributed by atoms with Gasteiger partial charge in [0.2, 0.25) is 0 Å². The van der Waals surface area contributed by atoms with E-state index in [9.17, 15) is 9.59 Å². The van der Waals surface area contributed by atoms with E-state index in [1.54, 1.807) is 6.92 Å². The average molecular weight is 214 g/mol. The van der Waals surface area contributed by atoms with Crippen LogP contribution in [0.4, 0.5) is 0 Å². The van der Waals surface area contributed by atoms with Gasteiger partial charge in [0.15, 0.2) is 11.6 Å². The number of unbranched alkanes of at least 4 members (excludes halogenated alkanes) is 1. The van der Waals surface area contributed by atoms with Gasteiger partial charge in [0, 0.05) is 12.5 Å². The summed E-state index contributed by atoms with van der Waals surface area (Å²) in [5, 5.41) is 0. The topological polar surface area (TPSA) is 34.1 Å². The molecule has 0 aromatic heterocycles. The highest BCUT2D eigenvalue weighted by molar-refractivity contribution is 6.82. The fourth-order valence-corrected chi connectivity index (χ4v) is 4.03. The van der Waals surface area contributed by atoms with Gasteiger partial charge in [0.25, 0.3) is 0 Å². The van der Waals surface area contributed by atoms with Crippen LogP contribution in [0.5, 0.6) is 0 Å². The predicted molar refractivity (Wildman–Crippen MR) is 62.3 cm³/mol. The number of hydrogen-bond acceptors (Lipinski definition) is 2. The van der Waals surface area contributed by atoms with Crippen LogP contribution in [0.15, 0.2) is 0 Å². The molecule has 0 N–H and O–H groups in total. The van der Waals surface area contributed by atoms with Crippen LogP contribution in [0, 0.1) is 0 Å². The first kappa shape index (κ1) is 13.6. The molecule has 0 aromatic rings. The van der Waals surface area contributed by atoms with Crippen molar-refractivity contribution in [1.82, 2.24) is 0 Å². The summed E-state index contributed by atoms with van der Waals surface area (Å²) in [4.78, 5) is 22.6. The van der Waals surface area contributed by atoms with Crippen LogP contribution >= 0.6 is 0 Å². The highest BCUT2D eigenvalue weighted by atomic mass is 28.3. The van der Waals surface area contributed by atoms with Gasteiger partial charge in [0.1, 0.15) is 0 Å². The number of ketones is 2. The number of carbonyl (C=O) groups excluding carboxylic acids is 2. The Morgan fingerprint density at radius 3 is 2.07 bits per heavy atom. The zero-order chi connectivity index (χ0) is 11.2. The maximum atomic E-state index is 11.4. The molecule has 0 unspecified atom stereocenters. The minimum Gasteiger partial charge on any atom is -0.291 e. The minimum absolute atomic E-state index is 0.139. The quantitative estimate of drug-likeness (QED) is 0.482. The van der Waals surface area contributed by atoms with E-state index in [1.165, 1.54) is 12.8 Å². The lowest BCUT2D eigenvalue weighted by atomic mass is 10.2. The van der Waals surface area contributed by atoms with Crippen LogP contribution in [0.2, 0.25) is 25.2 Å². The smallest absolute Gasteiger partial charge is 0.197 e. The van der Waals surface area contributed by atoms with E-state index >= 15 is 0 Å². The van der Waals surface area contributed by atoms with Crippen molar-refractivity contribution < 1.29 is 9.59 Å². The van der Waals surface area contributed by atoms with Gasteiger partial charge in [-0.25, -0.2) is 0 Å². The van der Waals surface area contributed by atoms with Gasteiger partial charge in [0.05, 0.1) is 8.07 Å². The van der Waals surface area contributed by atoms with Gasteiger partial charge in [-0.2, -0.15) is 0 Å². The summed E-state index contributed by atoms with van der Waals surface area (Å²) in [7, 11) is -1.44. The molecule has 14 heavy (non-hydrogen) atoms. The number of rotatable bonds is 7. The molecule has 0 fully saturated rings. The highest BCUT2D eigenvalue weighted by Gasteiger charge is 2.26. The summed E-state index contributed by atoms with van der Waals surface area (Å²) in [6, 6.07) is 1.70. The van der Waals surface area contributed by atoms with Gasteiger partial charge >= 0.3 is 0 Å². The Morgan fingerprint density at radius 2 is 1.64 bits per heavy atom. The van der Waals surface area contributed by atoms with Crippen molar-refractivity contribution in [2.24, 2.45) is 0 Å². The second kappa shape index (κ2) is 6.12. The molecule has 0 heterocycles. The van der Waals surface area contributed by atoms with Crippen LogP contribution in [0.3, 0.4) is 0 Å². The first-order valence-electron chi connectivity index (χ1n) is 5.49. The average Bonchev–Trinajstić information content (AvgIpc) is 2.12. The van der Waals surface area contributed by atoms with E-state index in [2.05, 4.69) is 20.0 Å². The van der Waals surface area contributed by atoms with E-state index in [4.69, 9.17) is 0 Å². The summed E-state index contributed by atoms with van der Waals surface area (Å²) in [6.45, 7) is 8.30. The molecule has 2 nitrogen and oxygen atoms in total. The fourth-order valence-electron chi connectivity index (χ4n) is 1.47. The Morgan fingerprint density at radius 1 is 1.07 bits per heavy atom. The van der Waals surface area contributed by atoms with Crippen molar-refractivity contribution in [3.05, 3.63) is 0 Å². The zero-order valence-corrected chi connectivity index (χ0v) is 10.9. The molecular formula is C11H22O2Si. The summed E-state index contributed by atoms with van der Waals surface area (Å²) >= 11 is 0. The summed E-state index contributed by atoms with van der Waals surface area (Å²) in [6.07, 6.45) is 2.72. The van der Waals surface area contributed by atoms with Crippen LogP contribution in [0.1, 0.15) is 33.1 Å². The van der Waals surface area contributed by atoms with Gasteiger partial charge in [-0.3, -0.25) is 9.59 Å². The molecule has 3 heteroatoms. The Kier molecular flexibility index (Phi) is 5.92. The highest BCUT2D eigenvalue weighted by Crippen LogP contribution is 2.19. The molecule has 0 amide bonds. The molecule has 82 valence electrons. The lowest BCUT2D eigenvalue weighted by molar-refractivity contribution is -0.135. The number of carbonyl (C=O) groups is 2. The molecule has 0 atom stereocenters. The van der Waals surface area contributed by atoms with Crippen molar-refractivity contribution in [2.45, 2.75) is 58.3 Å². The Hall–Kier alpha value is -0.443. The fraction of sp³-hybridized carbons (Fsp3) is 0.818. The molecule has 0 bridgehead atoms. The van der Waals surface area contributed by atoms with Crippen molar-refractivity contribution in [1.29, 1.82) is 0 Å². The summed E-state index contributed by atoms with van der Waals surface area (Å²) in [5.74, 6) is -0.331. The van der Waals surface area contributed by atoms with Crippen molar-refractivity contribution in [3.8, 4) is 0 Å². The first-order valence-corrected chi connectivity index (χ1v) is 8.90. The molecule has 0 spiro atoms.